The van der Waals surface area contributed by atoms with Crippen LogP contribution in [0.2, 0.25) is 0 Å². The van der Waals surface area contributed by atoms with Gasteiger partial charge in [-0.1, -0.05) is 51.7 Å². The van der Waals surface area contributed by atoms with Gasteiger partial charge in [0.2, 0.25) is 0 Å². The Labute approximate surface area is 185 Å². The Morgan fingerprint density at radius 2 is 1.48 bits per heavy atom. The molecule has 0 saturated heterocycles. The SMILES string of the molecule is CCCCCc1ccc(OCCCC[n+]2ccc(C)cc2)c(CCCCC)c1.[Cl-]. The molecule has 0 N–H and O–H groups in total. The topological polar surface area (TPSA) is 13.1 Å². The molecule has 0 saturated carbocycles. The predicted octanol–water partition coefficient (Wildman–Crippen LogP) is 3.61. The summed E-state index contributed by atoms with van der Waals surface area (Å²) < 4.78 is 8.45. The molecule has 0 spiro atoms. The number of hydrogen-bond acceptors (Lipinski definition) is 1. The molecule has 0 unspecified atom stereocenters. The summed E-state index contributed by atoms with van der Waals surface area (Å²) in [4.78, 5) is 0. The summed E-state index contributed by atoms with van der Waals surface area (Å²) in [6, 6.07) is 11.2. The molecule has 1 aromatic heterocycles. The van der Waals surface area contributed by atoms with Crippen LogP contribution < -0.4 is 21.7 Å². The molecule has 0 aliphatic carbocycles. The van der Waals surface area contributed by atoms with Crippen molar-refractivity contribution in [2.75, 3.05) is 6.61 Å². The highest BCUT2D eigenvalue weighted by Gasteiger charge is 2.07. The van der Waals surface area contributed by atoms with Crippen molar-refractivity contribution >= 4 is 0 Å². The van der Waals surface area contributed by atoms with Crippen LogP contribution in [0.3, 0.4) is 0 Å². The van der Waals surface area contributed by atoms with E-state index >= 15 is 0 Å². The minimum absolute atomic E-state index is 0. The third kappa shape index (κ3) is 10.2. The van der Waals surface area contributed by atoms with Gasteiger partial charge in [0.15, 0.2) is 12.4 Å². The maximum Gasteiger partial charge on any atom is 0.169 e. The zero-order valence-corrected chi connectivity index (χ0v) is 19.5. The number of rotatable bonds is 14. The maximum atomic E-state index is 6.20. The molecule has 29 heavy (non-hydrogen) atoms. The van der Waals surface area contributed by atoms with Crippen LogP contribution in [0.4, 0.5) is 0 Å². The molecule has 162 valence electrons. The normalized spacial score (nSPS) is 10.6. The highest BCUT2D eigenvalue weighted by atomic mass is 35.5. The fourth-order valence-corrected chi connectivity index (χ4v) is 3.53. The van der Waals surface area contributed by atoms with Gasteiger partial charge in [-0.25, -0.2) is 4.57 Å². The fraction of sp³-hybridized carbons (Fsp3) is 0.577. The molecule has 2 rings (SSSR count). The Morgan fingerprint density at radius 3 is 2.17 bits per heavy atom. The quantitative estimate of drug-likeness (QED) is 0.338. The minimum atomic E-state index is 0. The lowest BCUT2D eigenvalue weighted by Gasteiger charge is -2.13. The smallest absolute Gasteiger partial charge is 0.169 e. The summed E-state index contributed by atoms with van der Waals surface area (Å²) in [5, 5.41) is 0. The first-order chi connectivity index (χ1) is 13.7. The van der Waals surface area contributed by atoms with Gasteiger partial charge in [-0.15, -0.1) is 0 Å². The van der Waals surface area contributed by atoms with Crippen molar-refractivity contribution in [3.8, 4) is 5.75 Å². The number of halogens is 1. The summed E-state index contributed by atoms with van der Waals surface area (Å²) in [5.41, 5.74) is 4.20. The van der Waals surface area contributed by atoms with Gasteiger partial charge in [-0.05, 0) is 61.8 Å². The lowest BCUT2D eigenvalue weighted by Crippen LogP contribution is -3.00. The summed E-state index contributed by atoms with van der Waals surface area (Å²) >= 11 is 0. The first-order valence-electron chi connectivity index (χ1n) is 11.4. The van der Waals surface area contributed by atoms with E-state index in [2.05, 4.69) is 68.1 Å². The van der Waals surface area contributed by atoms with E-state index in [1.165, 1.54) is 61.6 Å². The Kier molecular flexibility index (Phi) is 13.5. The van der Waals surface area contributed by atoms with Crippen molar-refractivity contribution in [3.05, 3.63) is 59.4 Å². The lowest BCUT2D eigenvalue weighted by atomic mass is 10.00. The van der Waals surface area contributed by atoms with Gasteiger partial charge in [-0.2, -0.15) is 0 Å². The zero-order chi connectivity index (χ0) is 20.0. The number of nitrogens with zero attached hydrogens (tertiary/aromatic N) is 1. The third-order valence-corrected chi connectivity index (χ3v) is 5.37. The molecule has 0 aliphatic heterocycles. The van der Waals surface area contributed by atoms with E-state index in [-0.39, 0.29) is 12.4 Å². The second kappa shape index (κ2) is 15.3. The van der Waals surface area contributed by atoms with E-state index < -0.39 is 0 Å². The molecular formula is C26H40ClNO. The van der Waals surface area contributed by atoms with Gasteiger partial charge in [0.1, 0.15) is 12.3 Å². The summed E-state index contributed by atoms with van der Waals surface area (Å²) in [6.45, 7) is 8.53. The fourth-order valence-electron chi connectivity index (χ4n) is 3.53. The van der Waals surface area contributed by atoms with Crippen molar-refractivity contribution in [1.82, 2.24) is 0 Å². The zero-order valence-electron chi connectivity index (χ0n) is 18.8. The van der Waals surface area contributed by atoms with Gasteiger partial charge < -0.3 is 17.1 Å². The molecule has 1 heterocycles. The van der Waals surface area contributed by atoms with Gasteiger partial charge in [-0.3, -0.25) is 0 Å². The molecule has 0 fully saturated rings. The predicted molar refractivity (Wildman–Crippen MR) is 119 cm³/mol. The second-order valence-corrected chi connectivity index (χ2v) is 8.03. The number of aromatic nitrogens is 1. The second-order valence-electron chi connectivity index (χ2n) is 8.03. The average molecular weight is 418 g/mol. The highest BCUT2D eigenvalue weighted by Crippen LogP contribution is 2.24. The van der Waals surface area contributed by atoms with Crippen LogP contribution in [0.5, 0.6) is 5.75 Å². The lowest BCUT2D eigenvalue weighted by molar-refractivity contribution is -0.697. The van der Waals surface area contributed by atoms with Crippen molar-refractivity contribution in [2.24, 2.45) is 0 Å². The first kappa shape index (κ1) is 25.5. The van der Waals surface area contributed by atoms with E-state index in [9.17, 15) is 0 Å². The largest absolute Gasteiger partial charge is 1.00 e. The number of aryl methyl sites for hydroxylation is 4. The monoisotopic (exact) mass is 417 g/mol. The molecule has 0 radical (unpaired) electrons. The van der Waals surface area contributed by atoms with E-state index in [1.807, 2.05) is 0 Å². The van der Waals surface area contributed by atoms with E-state index in [1.54, 1.807) is 0 Å². The van der Waals surface area contributed by atoms with Crippen LogP contribution in [-0.2, 0) is 19.4 Å². The Bertz CT molecular complexity index is 669. The third-order valence-electron chi connectivity index (χ3n) is 5.37. The highest BCUT2D eigenvalue weighted by molar-refractivity contribution is 5.37. The number of ether oxygens (including phenoxy) is 1. The Morgan fingerprint density at radius 1 is 0.793 bits per heavy atom. The van der Waals surface area contributed by atoms with Crippen LogP contribution in [-0.4, -0.2) is 6.61 Å². The molecule has 1 aromatic carbocycles. The molecule has 0 aliphatic rings. The molecule has 2 aromatic rings. The van der Waals surface area contributed by atoms with Crippen molar-refractivity contribution < 1.29 is 21.7 Å². The maximum absolute atomic E-state index is 6.20. The van der Waals surface area contributed by atoms with Gasteiger partial charge in [0.25, 0.3) is 0 Å². The molecule has 0 amide bonds. The van der Waals surface area contributed by atoms with Crippen LogP contribution in [0, 0.1) is 6.92 Å². The van der Waals surface area contributed by atoms with Crippen LogP contribution in [0.25, 0.3) is 0 Å². The molecule has 3 heteroatoms. The number of pyridine rings is 1. The molecule has 0 bridgehead atoms. The first-order valence-corrected chi connectivity index (χ1v) is 11.4. The van der Waals surface area contributed by atoms with Crippen molar-refractivity contribution in [1.29, 1.82) is 0 Å². The number of hydrogen-bond donors (Lipinski definition) is 0. The van der Waals surface area contributed by atoms with E-state index in [0.29, 0.717) is 0 Å². The van der Waals surface area contributed by atoms with Gasteiger partial charge in [0.05, 0.1) is 6.61 Å². The van der Waals surface area contributed by atoms with Gasteiger partial charge in [0, 0.05) is 18.6 Å². The molecule has 0 atom stereocenters. The van der Waals surface area contributed by atoms with Crippen LogP contribution >= 0.6 is 0 Å². The Balaban J connectivity index is 0.00000420. The van der Waals surface area contributed by atoms with E-state index in [0.717, 1.165) is 38.2 Å². The summed E-state index contributed by atoms with van der Waals surface area (Å²) in [5.74, 6) is 1.11. The van der Waals surface area contributed by atoms with E-state index in [4.69, 9.17) is 4.74 Å². The minimum Gasteiger partial charge on any atom is -1.00 e. The summed E-state index contributed by atoms with van der Waals surface area (Å²) in [7, 11) is 0. The number of benzene rings is 1. The van der Waals surface area contributed by atoms with Crippen molar-refractivity contribution in [3.63, 3.8) is 0 Å². The molecular weight excluding hydrogens is 378 g/mol. The Hall–Kier alpha value is -1.54. The summed E-state index contributed by atoms with van der Waals surface area (Å²) in [6.07, 6.45) is 16.6. The average Bonchev–Trinajstić information content (AvgIpc) is 2.71. The van der Waals surface area contributed by atoms with Crippen LogP contribution in [0.15, 0.2) is 42.7 Å². The van der Waals surface area contributed by atoms with Crippen LogP contribution in [0.1, 0.15) is 81.9 Å². The standard InChI is InChI=1S/C26H40NO.ClH/c1-4-6-8-12-24-14-15-26(25(22-24)13-9-7-5-2)28-21-11-10-18-27-19-16-23(3)17-20-27;/h14-17,19-20,22H,4-13,18,21H2,1-3H3;1H/q+1;/p-1. The number of unbranched alkanes of at least 4 members (excludes halogenated alkanes) is 5. The molecule has 2 nitrogen and oxygen atoms in total. The van der Waals surface area contributed by atoms with Gasteiger partial charge >= 0.3 is 0 Å². The van der Waals surface area contributed by atoms with Crippen molar-refractivity contribution in [2.45, 2.75) is 91.5 Å².